The van der Waals surface area contributed by atoms with Gasteiger partial charge in [-0.1, -0.05) is 15.9 Å². The molecule has 5 nitrogen and oxygen atoms in total. The zero-order valence-corrected chi connectivity index (χ0v) is 15.8. The van der Waals surface area contributed by atoms with Crippen LogP contribution in [0, 0.1) is 0 Å². The Morgan fingerprint density at radius 3 is 3.08 bits per heavy atom. The monoisotopic (exact) mass is 414 g/mol. The van der Waals surface area contributed by atoms with Crippen molar-refractivity contribution in [1.82, 2.24) is 9.66 Å². The number of benzene rings is 1. The SMILES string of the molecule is CCN=c1scc(-c2ccco2)n1N=Cc1c[nH]c2ccc(Br)cc12. The van der Waals surface area contributed by atoms with Crippen LogP contribution >= 0.6 is 27.3 Å². The summed E-state index contributed by atoms with van der Waals surface area (Å²) in [6.45, 7) is 2.71. The molecular formula is C18H15BrN4OS. The molecule has 0 saturated carbocycles. The summed E-state index contributed by atoms with van der Waals surface area (Å²) in [6.07, 6.45) is 5.46. The van der Waals surface area contributed by atoms with Gasteiger partial charge in [-0.25, -0.2) is 4.68 Å². The van der Waals surface area contributed by atoms with Crippen molar-refractivity contribution in [2.24, 2.45) is 10.1 Å². The van der Waals surface area contributed by atoms with Crippen molar-refractivity contribution in [2.45, 2.75) is 6.92 Å². The molecular weight excluding hydrogens is 400 g/mol. The quantitative estimate of drug-likeness (QED) is 0.476. The summed E-state index contributed by atoms with van der Waals surface area (Å²) in [7, 11) is 0. The van der Waals surface area contributed by atoms with Crippen molar-refractivity contribution in [3.05, 3.63) is 63.0 Å². The van der Waals surface area contributed by atoms with Crippen LogP contribution < -0.4 is 4.80 Å². The molecule has 0 radical (unpaired) electrons. The molecule has 0 saturated heterocycles. The van der Waals surface area contributed by atoms with Gasteiger partial charge >= 0.3 is 0 Å². The number of H-pyrrole nitrogens is 1. The van der Waals surface area contributed by atoms with Gasteiger partial charge in [0.25, 0.3) is 0 Å². The lowest BCUT2D eigenvalue weighted by molar-refractivity contribution is 0.575. The smallest absolute Gasteiger partial charge is 0.206 e. The molecule has 25 heavy (non-hydrogen) atoms. The average molecular weight is 415 g/mol. The topological polar surface area (TPSA) is 58.6 Å². The molecule has 0 fully saturated rings. The number of thiazole rings is 1. The molecule has 3 heterocycles. The Kier molecular flexibility index (Phi) is 4.42. The summed E-state index contributed by atoms with van der Waals surface area (Å²) in [4.78, 5) is 8.63. The van der Waals surface area contributed by atoms with Crippen LogP contribution in [-0.4, -0.2) is 22.4 Å². The Labute approximate surface area is 156 Å². The number of halogens is 1. The Morgan fingerprint density at radius 1 is 1.36 bits per heavy atom. The summed E-state index contributed by atoms with van der Waals surface area (Å²) in [5, 5.41) is 7.80. The first-order valence-electron chi connectivity index (χ1n) is 7.82. The van der Waals surface area contributed by atoms with E-state index in [1.807, 2.05) is 53.7 Å². The minimum Gasteiger partial charge on any atom is -0.463 e. The van der Waals surface area contributed by atoms with Gasteiger partial charge in [0.2, 0.25) is 4.80 Å². The van der Waals surface area contributed by atoms with E-state index in [9.17, 15) is 0 Å². The molecule has 0 atom stereocenters. The highest BCUT2D eigenvalue weighted by Crippen LogP contribution is 2.23. The van der Waals surface area contributed by atoms with Crippen LogP contribution in [0.1, 0.15) is 12.5 Å². The van der Waals surface area contributed by atoms with E-state index < -0.39 is 0 Å². The fourth-order valence-electron chi connectivity index (χ4n) is 2.59. The average Bonchev–Trinajstić information content (AvgIpc) is 3.32. The second kappa shape index (κ2) is 6.85. The van der Waals surface area contributed by atoms with Crippen LogP contribution in [0.4, 0.5) is 0 Å². The summed E-state index contributed by atoms with van der Waals surface area (Å²) < 4.78 is 8.39. The number of hydrogen-bond donors (Lipinski definition) is 1. The Morgan fingerprint density at radius 2 is 2.28 bits per heavy atom. The molecule has 4 rings (SSSR count). The van der Waals surface area contributed by atoms with Gasteiger partial charge in [-0.3, -0.25) is 4.99 Å². The maximum absolute atomic E-state index is 5.53. The largest absolute Gasteiger partial charge is 0.463 e. The summed E-state index contributed by atoms with van der Waals surface area (Å²) in [5.74, 6) is 0.771. The maximum Gasteiger partial charge on any atom is 0.206 e. The van der Waals surface area contributed by atoms with Crippen LogP contribution in [0.15, 0.2) is 67.2 Å². The van der Waals surface area contributed by atoms with Crippen LogP contribution in [0.5, 0.6) is 0 Å². The van der Waals surface area contributed by atoms with Crippen molar-refractivity contribution in [3.8, 4) is 11.5 Å². The Hall–Kier alpha value is -2.38. The number of hydrogen-bond acceptors (Lipinski definition) is 4. The van der Waals surface area contributed by atoms with E-state index in [4.69, 9.17) is 4.42 Å². The van der Waals surface area contributed by atoms with Gasteiger partial charge < -0.3 is 9.40 Å². The number of furan rings is 1. The third-order valence-corrected chi connectivity index (χ3v) is 5.09. The van der Waals surface area contributed by atoms with Crippen molar-refractivity contribution in [1.29, 1.82) is 0 Å². The number of aromatic amines is 1. The number of nitrogens with one attached hydrogen (secondary N) is 1. The van der Waals surface area contributed by atoms with E-state index in [1.165, 1.54) is 0 Å². The van der Waals surface area contributed by atoms with Crippen LogP contribution in [-0.2, 0) is 0 Å². The van der Waals surface area contributed by atoms with E-state index in [-0.39, 0.29) is 0 Å². The minimum absolute atomic E-state index is 0.702. The number of fused-ring (bicyclic) bond motifs is 1. The summed E-state index contributed by atoms with van der Waals surface area (Å²) >= 11 is 5.07. The standard InChI is InChI=1S/C18H15BrN4OS/c1-2-20-18-23(16(11-25-18)17-4-3-7-24-17)22-10-12-9-21-15-6-5-13(19)8-14(12)15/h3-11,21H,2H2,1H3. The third kappa shape index (κ3) is 3.12. The number of nitrogens with zero attached hydrogens (tertiary/aromatic N) is 3. The fraction of sp³-hybridized carbons (Fsp3) is 0.111. The van der Waals surface area contributed by atoms with E-state index in [1.54, 1.807) is 17.6 Å². The molecule has 7 heteroatoms. The first-order valence-corrected chi connectivity index (χ1v) is 9.49. The van der Waals surface area contributed by atoms with Crippen LogP contribution in [0.3, 0.4) is 0 Å². The lowest BCUT2D eigenvalue weighted by Gasteiger charge is -2.00. The predicted octanol–water partition coefficient (Wildman–Crippen LogP) is 4.86. The first kappa shape index (κ1) is 16.1. The van der Waals surface area contributed by atoms with Gasteiger partial charge in [0.05, 0.1) is 12.5 Å². The molecule has 0 unspecified atom stereocenters. The molecule has 1 aromatic carbocycles. The number of aromatic nitrogens is 2. The molecule has 0 aliphatic rings. The summed E-state index contributed by atoms with van der Waals surface area (Å²) in [6, 6.07) is 9.93. The van der Waals surface area contributed by atoms with Crippen LogP contribution in [0.25, 0.3) is 22.4 Å². The zero-order chi connectivity index (χ0) is 17.2. The zero-order valence-electron chi connectivity index (χ0n) is 13.4. The van der Waals surface area contributed by atoms with E-state index >= 15 is 0 Å². The molecule has 1 N–H and O–H groups in total. The van der Waals surface area contributed by atoms with Crippen molar-refractivity contribution < 1.29 is 4.42 Å². The van der Waals surface area contributed by atoms with E-state index in [0.717, 1.165) is 37.2 Å². The van der Waals surface area contributed by atoms with Crippen molar-refractivity contribution >= 4 is 44.4 Å². The second-order valence-electron chi connectivity index (χ2n) is 5.35. The van der Waals surface area contributed by atoms with Crippen LogP contribution in [0.2, 0.25) is 0 Å². The molecule has 4 aromatic rings. The number of rotatable bonds is 4. The molecule has 0 spiro atoms. The van der Waals surface area contributed by atoms with Gasteiger partial charge in [0, 0.05) is 39.1 Å². The molecule has 0 amide bonds. The van der Waals surface area contributed by atoms with Crippen molar-refractivity contribution in [2.75, 3.05) is 6.54 Å². The van der Waals surface area contributed by atoms with Crippen molar-refractivity contribution in [3.63, 3.8) is 0 Å². The van der Waals surface area contributed by atoms with E-state index in [0.29, 0.717) is 6.54 Å². The Balaban J connectivity index is 1.81. The van der Waals surface area contributed by atoms with Gasteiger partial charge in [-0.15, -0.1) is 11.3 Å². The second-order valence-corrected chi connectivity index (χ2v) is 7.10. The highest BCUT2D eigenvalue weighted by Gasteiger charge is 2.10. The molecule has 126 valence electrons. The fourth-order valence-corrected chi connectivity index (χ4v) is 3.83. The molecule has 0 aliphatic carbocycles. The van der Waals surface area contributed by atoms with Gasteiger partial charge in [-0.05, 0) is 37.3 Å². The maximum atomic E-state index is 5.53. The lowest BCUT2D eigenvalue weighted by atomic mass is 10.2. The van der Waals surface area contributed by atoms with Gasteiger partial charge in [0.15, 0.2) is 5.76 Å². The third-order valence-electron chi connectivity index (χ3n) is 3.74. The summed E-state index contributed by atoms with van der Waals surface area (Å²) in [5.41, 5.74) is 2.98. The predicted molar refractivity (Wildman–Crippen MR) is 105 cm³/mol. The first-order chi connectivity index (χ1) is 12.3. The molecule has 0 aliphatic heterocycles. The highest BCUT2D eigenvalue weighted by atomic mass is 79.9. The molecule has 3 aromatic heterocycles. The lowest BCUT2D eigenvalue weighted by Crippen LogP contribution is -2.12. The van der Waals surface area contributed by atoms with E-state index in [2.05, 4.69) is 37.1 Å². The van der Waals surface area contributed by atoms with Gasteiger partial charge in [0.1, 0.15) is 5.69 Å². The van der Waals surface area contributed by atoms with Gasteiger partial charge in [-0.2, -0.15) is 5.10 Å². The molecule has 0 bridgehead atoms. The Bertz CT molecular complexity index is 1100. The highest BCUT2D eigenvalue weighted by molar-refractivity contribution is 9.10. The normalized spacial score (nSPS) is 12.6. The minimum atomic E-state index is 0.702.